The molecule has 4 nitrogen and oxygen atoms in total. The normalized spacial score (nSPS) is 10.5. The average Bonchev–Trinajstić information content (AvgIpc) is 2.57. The molecule has 3 N–H and O–H groups in total. The third-order valence-corrected chi connectivity index (χ3v) is 2.71. The molecule has 0 saturated carbocycles. The zero-order valence-electron chi connectivity index (χ0n) is 8.46. The topological polar surface area (TPSA) is 68.3 Å². The Morgan fingerprint density at radius 2 is 2.33 bits per heavy atom. The fraction of sp³-hybridized carbons (Fsp3) is 0.500. The highest BCUT2D eigenvalue weighted by Crippen LogP contribution is 2.16. The molecule has 5 heteroatoms. The van der Waals surface area contributed by atoms with Crippen LogP contribution in [0.3, 0.4) is 0 Å². The predicted molar refractivity (Wildman–Crippen MR) is 61.2 cm³/mol. The lowest BCUT2D eigenvalue weighted by Gasteiger charge is -2.02. The van der Waals surface area contributed by atoms with Crippen LogP contribution in [0.25, 0.3) is 0 Å². The van der Waals surface area contributed by atoms with Crippen molar-refractivity contribution in [3.63, 3.8) is 0 Å². The van der Waals surface area contributed by atoms with Gasteiger partial charge in [-0.25, -0.2) is 0 Å². The number of furan rings is 1. The molecule has 0 spiro atoms. The molecule has 0 fully saturated rings. The Labute approximate surface area is 97.3 Å². The molecule has 1 aromatic rings. The van der Waals surface area contributed by atoms with Crippen LogP contribution in [0.15, 0.2) is 21.2 Å². The molecular weight excluding hydrogens is 260 g/mol. The largest absolute Gasteiger partial charge is 0.467 e. The van der Waals surface area contributed by atoms with E-state index >= 15 is 0 Å². The van der Waals surface area contributed by atoms with E-state index in [1.165, 1.54) is 0 Å². The van der Waals surface area contributed by atoms with Crippen molar-refractivity contribution < 1.29 is 9.21 Å². The molecule has 0 aliphatic heterocycles. The van der Waals surface area contributed by atoms with Gasteiger partial charge in [0.2, 0.25) is 5.91 Å². The number of hydrogen-bond donors (Lipinski definition) is 2. The summed E-state index contributed by atoms with van der Waals surface area (Å²) in [5.41, 5.74) is 5.02. The molecule has 0 aliphatic rings. The minimum Gasteiger partial charge on any atom is -0.467 e. The van der Waals surface area contributed by atoms with Gasteiger partial charge in [0.1, 0.15) is 5.76 Å². The van der Waals surface area contributed by atoms with Crippen molar-refractivity contribution in [2.45, 2.75) is 25.8 Å². The molecule has 0 saturated heterocycles. The minimum atomic E-state index is -0.233. The number of nitrogens with one attached hydrogen (secondary N) is 1. The predicted octanol–water partition coefficient (Wildman–Crippen LogP) is 1.79. The molecule has 0 atom stereocenters. The van der Waals surface area contributed by atoms with Crippen molar-refractivity contribution in [3.05, 3.63) is 22.6 Å². The zero-order chi connectivity index (χ0) is 11.1. The average molecular weight is 275 g/mol. The highest BCUT2D eigenvalue weighted by Gasteiger charge is 2.01. The molecule has 0 aromatic carbocycles. The fourth-order valence-electron chi connectivity index (χ4n) is 1.20. The molecule has 0 radical (unpaired) electrons. The van der Waals surface area contributed by atoms with Crippen molar-refractivity contribution in [1.82, 2.24) is 5.32 Å². The van der Waals surface area contributed by atoms with E-state index in [1.807, 2.05) is 6.07 Å². The number of amides is 1. The summed E-state index contributed by atoms with van der Waals surface area (Å²) in [6, 6.07) is 1.87. The summed E-state index contributed by atoms with van der Waals surface area (Å²) in [7, 11) is 0. The quantitative estimate of drug-likeness (QED) is 0.745. The zero-order valence-corrected chi connectivity index (χ0v) is 10.0. The van der Waals surface area contributed by atoms with Crippen LogP contribution >= 0.6 is 15.9 Å². The molecule has 0 unspecified atom stereocenters. The Morgan fingerprint density at radius 1 is 1.53 bits per heavy atom. The monoisotopic (exact) mass is 274 g/mol. The van der Waals surface area contributed by atoms with Gasteiger partial charge < -0.3 is 15.5 Å². The Bertz CT molecular complexity index is 312. The number of hydrogen-bond acceptors (Lipinski definition) is 3. The summed E-state index contributed by atoms with van der Waals surface area (Å²) in [5.74, 6) is 0.661. The maximum atomic E-state index is 10.4. The maximum absolute atomic E-state index is 10.4. The number of rotatable bonds is 7. The van der Waals surface area contributed by atoms with E-state index in [1.54, 1.807) is 6.26 Å². The lowest BCUT2D eigenvalue weighted by atomic mass is 10.2. The van der Waals surface area contributed by atoms with Gasteiger partial charge in [-0.15, -0.1) is 0 Å². The van der Waals surface area contributed by atoms with Gasteiger partial charge in [0, 0.05) is 6.42 Å². The third-order valence-electron chi connectivity index (χ3n) is 2.00. The molecular formula is C10H15BrN2O2. The Hall–Kier alpha value is -0.810. The van der Waals surface area contributed by atoms with E-state index in [0.29, 0.717) is 13.0 Å². The summed E-state index contributed by atoms with van der Waals surface area (Å²) >= 11 is 3.37. The molecule has 84 valence electrons. The first-order valence-corrected chi connectivity index (χ1v) is 5.70. The van der Waals surface area contributed by atoms with E-state index in [-0.39, 0.29) is 5.91 Å². The SMILES string of the molecule is NC(=O)CCCCNCc1occc1Br. The number of carbonyl (C=O) groups is 1. The first kappa shape index (κ1) is 12.3. The smallest absolute Gasteiger partial charge is 0.217 e. The van der Waals surface area contributed by atoms with Crippen LogP contribution in [0.5, 0.6) is 0 Å². The van der Waals surface area contributed by atoms with Crippen molar-refractivity contribution in [3.8, 4) is 0 Å². The van der Waals surface area contributed by atoms with Gasteiger partial charge >= 0.3 is 0 Å². The molecule has 15 heavy (non-hydrogen) atoms. The number of nitrogens with two attached hydrogens (primary N) is 1. The number of primary amides is 1. The first-order chi connectivity index (χ1) is 7.20. The Morgan fingerprint density at radius 3 is 2.93 bits per heavy atom. The highest BCUT2D eigenvalue weighted by molar-refractivity contribution is 9.10. The van der Waals surface area contributed by atoms with E-state index in [9.17, 15) is 4.79 Å². The number of carbonyl (C=O) groups excluding carboxylic acids is 1. The molecule has 1 heterocycles. The molecule has 1 rings (SSSR count). The van der Waals surface area contributed by atoms with Crippen LogP contribution in [-0.4, -0.2) is 12.5 Å². The first-order valence-electron chi connectivity index (χ1n) is 4.91. The van der Waals surface area contributed by atoms with Crippen LogP contribution in [0, 0.1) is 0 Å². The second-order valence-corrected chi connectivity index (χ2v) is 4.15. The van der Waals surface area contributed by atoms with Gasteiger partial charge in [-0.2, -0.15) is 0 Å². The molecule has 1 amide bonds. The van der Waals surface area contributed by atoms with E-state index < -0.39 is 0 Å². The lowest BCUT2D eigenvalue weighted by Crippen LogP contribution is -2.16. The van der Waals surface area contributed by atoms with Gasteiger partial charge in [-0.3, -0.25) is 4.79 Å². The van der Waals surface area contributed by atoms with E-state index in [4.69, 9.17) is 10.2 Å². The van der Waals surface area contributed by atoms with Crippen molar-refractivity contribution in [2.24, 2.45) is 5.73 Å². The van der Waals surface area contributed by atoms with Gasteiger partial charge in [-0.05, 0) is 41.4 Å². The van der Waals surface area contributed by atoms with Gasteiger partial charge in [0.25, 0.3) is 0 Å². The fourth-order valence-corrected chi connectivity index (χ4v) is 1.54. The van der Waals surface area contributed by atoms with Gasteiger partial charge in [0.05, 0.1) is 17.3 Å². The number of unbranched alkanes of at least 4 members (excludes halogenated alkanes) is 1. The second-order valence-electron chi connectivity index (χ2n) is 3.29. The summed E-state index contributed by atoms with van der Waals surface area (Å²) in [6.07, 6.45) is 3.89. The molecule has 0 bridgehead atoms. The van der Waals surface area contributed by atoms with E-state index in [0.717, 1.165) is 29.6 Å². The van der Waals surface area contributed by atoms with Crippen LogP contribution in [0.2, 0.25) is 0 Å². The van der Waals surface area contributed by atoms with Gasteiger partial charge in [-0.1, -0.05) is 0 Å². The Balaban J connectivity index is 2.03. The van der Waals surface area contributed by atoms with Crippen LogP contribution in [0.1, 0.15) is 25.0 Å². The van der Waals surface area contributed by atoms with Crippen LogP contribution in [-0.2, 0) is 11.3 Å². The standard InChI is InChI=1S/C10H15BrN2O2/c11-8-4-6-15-9(8)7-13-5-2-1-3-10(12)14/h4,6,13H,1-3,5,7H2,(H2,12,14). The van der Waals surface area contributed by atoms with Crippen molar-refractivity contribution >= 4 is 21.8 Å². The Kier molecular flexibility index (Phi) is 5.42. The summed E-state index contributed by atoms with van der Waals surface area (Å²) in [6.45, 7) is 1.56. The summed E-state index contributed by atoms with van der Waals surface area (Å²) < 4.78 is 6.20. The van der Waals surface area contributed by atoms with Gasteiger partial charge in [0.15, 0.2) is 0 Å². The van der Waals surface area contributed by atoms with Crippen LogP contribution in [0.4, 0.5) is 0 Å². The maximum Gasteiger partial charge on any atom is 0.217 e. The second kappa shape index (κ2) is 6.63. The van der Waals surface area contributed by atoms with Crippen molar-refractivity contribution in [2.75, 3.05) is 6.54 Å². The molecule has 1 aromatic heterocycles. The molecule has 0 aliphatic carbocycles. The minimum absolute atomic E-state index is 0.233. The van der Waals surface area contributed by atoms with Crippen LogP contribution < -0.4 is 11.1 Å². The van der Waals surface area contributed by atoms with Crippen molar-refractivity contribution in [1.29, 1.82) is 0 Å². The summed E-state index contributed by atoms with van der Waals surface area (Å²) in [4.78, 5) is 10.4. The van der Waals surface area contributed by atoms with E-state index in [2.05, 4.69) is 21.2 Å². The lowest BCUT2D eigenvalue weighted by molar-refractivity contribution is -0.118. The summed E-state index contributed by atoms with van der Waals surface area (Å²) in [5, 5.41) is 3.23. The number of halogens is 1. The highest BCUT2D eigenvalue weighted by atomic mass is 79.9. The third kappa shape index (κ3) is 4.99.